The number of carbonyl (C=O) groups excluding carboxylic acids is 3. The first kappa shape index (κ1) is 17.8. The summed E-state index contributed by atoms with van der Waals surface area (Å²) in [5.41, 5.74) is 6.04. The number of hydrogen-bond donors (Lipinski definition) is 2. The molecule has 2 N–H and O–H groups in total. The molecule has 1 aliphatic rings. The SMILES string of the molecule is O=C(NN[C@H]1CC(=O)N(c2ccc(Cl)cc2)C1=O)c1ccc(I)cc1. The van der Waals surface area contributed by atoms with Gasteiger partial charge in [0.25, 0.3) is 11.8 Å². The van der Waals surface area contributed by atoms with Gasteiger partial charge in [0, 0.05) is 14.2 Å². The minimum atomic E-state index is -0.809. The second-order valence-electron chi connectivity index (χ2n) is 5.41. The number of nitrogens with zero attached hydrogens (tertiary/aromatic N) is 1. The van der Waals surface area contributed by atoms with E-state index in [4.69, 9.17) is 11.6 Å². The first-order valence-electron chi connectivity index (χ1n) is 7.39. The average molecular weight is 470 g/mol. The summed E-state index contributed by atoms with van der Waals surface area (Å²) in [6.07, 6.45) is -0.0333. The van der Waals surface area contributed by atoms with Gasteiger partial charge >= 0.3 is 0 Å². The van der Waals surface area contributed by atoms with Gasteiger partial charge in [0.2, 0.25) is 5.91 Å². The number of anilines is 1. The second-order valence-corrected chi connectivity index (χ2v) is 7.09. The highest BCUT2D eigenvalue weighted by Gasteiger charge is 2.39. The highest BCUT2D eigenvalue weighted by atomic mass is 127. The molecule has 6 nitrogen and oxygen atoms in total. The van der Waals surface area contributed by atoms with Gasteiger partial charge in [-0.25, -0.2) is 10.3 Å². The first-order chi connectivity index (χ1) is 12.0. The number of halogens is 2. The fourth-order valence-corrected chi connectivity index (χ4v) is 2.92. The van der Waals surface area contributed by atoms with E-state index in [1.807, 2.05) is 12.1 Å². The largest absolute Gasteiger partial charge is 0.287 e. The number of carbonyl (C=O) groups is 3. The van der Waals surface area contributed by atoms with Crippen LogP contribution >= 0.6 is 34.2 Å². The van der Waals surface area contributed by atoms with Gasteiger partial charge in [0.1, 0.15) is 6.04 Å². The highest BCUT2D eigenvalue weighted by Crippen LogP contribution is 2.24. The van der Waals surface area contributed by atoms with Gasteiger partial charge in [-0.3, -0.25) is 19.8 Å². The summed E-state index contributed by atoms with van der Waals surface area (Å²) in [5.74, 6) is -1.13. The molecule has 0 spiro atoms. The van der Waals surface area contributed by atoms with Crippen LogP contribution in [0.25, 0.3) is 0 Å². The molecule has 3 amide bonds. The summed E-state index contributed by atoms with van der Waals surface area (Å²) >= 11 is 7.97. The predicted octanol–water partition coefficient (Wildman–Crippen LogP) is 2.51. The molecule has 1 fully saturated rings. The van der Waals surface area contributed by atoms with Crippen molar-refractivity contribution in [3.05, 3.63) is 62.7 Å². The van der Waals surface area contributed by atoms with Crippen molar-refractivity contribution in [1.29, 1.82) is 0 Å². The standard InChI is InChI=1S/C17H13ClIN3O3/c18-11-3-7-13(8-4-11)22-15(23)9-14(17(22)25)20-21-16(24)10-1-5-12(19)6-2-10/h1-8,14,20H,9H2,(H,21,24)/t14-/m0/s1. The number of hydrazine groups is 1. The number of rotatable bonds is 4. The lowest BCUT2D eigenvalue weighted by molar-refractivity contribution is -0.121. The van der Waals surface area contributed by atoms with Crippen molar-refractivity contribution in [2.75, 3.05) is 4.90 Å². The Morgan fingerprint density at radius 2 is 1.72 bits per heavy atom. The fourth-order valence-electron chi connectivity index (χ4n) is 2.43. The van der Waals surface area contributed by atoms with Crippen molar-refractivity contribution < 1.29 is 14.4 Å². The van der Waals surface area contributed by atoms with Gasteiger partial charge in [-0.15, -0.1) is 0 Å². The van der Waals surface area contributed by atoms with Crippen LogP contribution in [0.4, 0.5) is 5.69 Å². The van der Waals surface area contributed by atoms with Gasteiger partial charge in [-0.2, -0.15) is 0 Å². The molecular formula is C17H13ClIN3O3. The molecule has 1 saturated heterocycles. The zero-order chi connectivity index (χ0) is 18.0. The monoisotopic (exact) mass is 469 g/mol. The number of amides is 3. The van der Waals surface area contributed by atoms with E-state index < -0.39 is 11.9 Å². The van der Waals surface area contributed by atoms with Crippen LogP contribution in [-0.2, 0) is 9.59 Å². The quantitative estimate of drug-likeness (QED) is 0.410. The molecule has 3 rings (SSSR count). The van der Waals surface area contributed by atoms with Crippen LogP contribution in [0.1, 0.15) is 16.8 Å². The van der Waals surface area contributed by atoms with Crippen molar-refractivity contribution in [1.82, 2.24) is 10.9 Å². The molecule has 0 radical (unpaired) electrons. The maximum absolute atomic E-state index is 12.5. The van der Waals surface area contributed by atoms with Crippen molar-refractivity contribution >= 4 is 57.6 Å². The molecule has 0 bridgehead atoms. The third-order valence-corrected chi connectivity index (χ3v) is 4.67. The summed E-state index contributed by atoms with van der Waals surface area (Å²) in [6.45, 7) is 0. The van der Waals surface area contributed by atoms with Crippen LogP contribution in [0.3, 0.4) is 0 Å². The van der Waals surface area contributed by atoms with Gasteiger partial charge in [0.15, 0.2) is 0 Å². The molecule has 0 saturated carbocycles. The summed E-state index contributed by atoms with van der Waals surface area (Å²) < 4.78 is 1.01. The molecular weight excluding hydrogens is 457 g/mol. The maximum Gasteiger partial charge on any atom is 0.265 e. The lowest BCUT2D eigenvalue weighted by atomic mass is 10.2. The summed E-state index contributed by atoms with van der Waals surface area (Å²) in [4.78, 5) is 37.8. The van der Waals surface area contributed by atoms with E-state index in [0.717, 1.165) is 8.47 Å². The third-order valence-electron chi connectivity index (χ3n) is 3.70. The molecule has 0 aromatic heterocycles. The van der Waals surface area contributed by atoms with Crippen molar-refractivity contribution in [3.63, 3.8) is 0 Å². The Balaban J connectivity index is 1.65. The smallest absolute Gasteiger partial charge is 0.265 e. The number of benzene rings is 2. The van der Waals surface area contributed by atoms with Crippen molar-refractivity contribution in [2.24, 2.45) is 0 Å². The summed E-state index contributed by atoms with van der Waals surface area (Å²) in [7, 11) is 0. The Hall–Kier alpha value is -1.97. The van der Waals surface area contributed by atoms with Crippen LogP contribution in [0.5, 0.6) is 0 Å². The van der Waals surface area contributed by atoms with E-state index in [1.165, 1.54) is 0 Å². The van der Waals surface area contributed by atoms with E-state index in [2.05, 4.69) is 33.4 Å². The minimum absolute atomic E-state index is 0.0333. The van der Waals surface area contributed by atoms with Crippen LogP contribution in [0.2, 0.25) is 5.02 Å². The van der Waals surface area contributed by atoms with Gasteiger partial charge in [0.05, 0.1) is 12.1 Å². The van der Waals surface area contributed by atoms with Gasteiger partial charge in [-0.05, 0) is 71.1 Å². The van der Waals surface area contributed by atoms with Crippen LogP contribution in [-0.4, -0.2) is 23.8 Å². The van der Waals surface area contributed by atoms with Crippen LogP contribution in [0, 0.1) is 3.57 Å². The molecule has 1 aliphatic heterocycles. The number of hydrogen-bond acceptors (Lipinski definition) is 4. The second kappa shape index (κ2) is 7.51. The first-order valence-corrected chi connectivity index (χ1v) is 8.85. The van der Waals surface area contributed by atoms with E-state index in [0.29, 0.717) is 16.3 Å². The topological polar surface area (TPSA) is 78.5 Å². The van der Waals surface area contributed by atoms with E-state index in [-0.39, 0.29) is 18.2 Å². The Kier molecular flexibility index (Phi) is 5.36. The zero-order valence-electron chi connectivity index (χ0n) is 12.8. The Morgan fingerprint density at radius 3 is 2.36 bits per heavy atom. The van der Waals surface area contributed by atoms with Crippen LogP contribution in [0.15, 0.2) is 48.5 Å². The maximum atomic E-state index is 12.5. The van der Waals surface area contributed by atoms with Crippen LogP contribution < -0.4 is 15.8 Å². The summed E-state index contributed by atoms with van der Waals surface area (Å²) in [5, 5.41) is 0.516. The van der Waals surface area contributed by atoms with Crippen molar-refractivity contribution in [2.45, 2.75) is 12.5 Å². The molecule has 8 heteroatoms. The predicted molar refractivity (Wildman–Crippen MR) is 102 cm³/mol. The van der Waals surface area contributed by atoms with E-state index in [1.54, 1.807) is 36.4 Å². The molecule has 2 aromatic carbocycles. The highest BCUT2D eigenvalue weighted by molar-refractivity contribution is 14.1. The Labute approximate surface area is 162 Å². The third kappa shape index (κ3) is 4.00. The molecule has 0 aliphatic carbocycles. The van der Waals surface area contributed by atoms with Gasteiger partial charge < -0.3 is 0 Å². The average Bonchev–Trinajstić information content (AvgIpc) is 2.88. The van der Waals surface area contributed by atoms with Crippen molar-refractivity contribution in [3.8, 4) is 0 Å². The Morgan fingerprint density at radius 1 is 1.08 bits per heavy atom. The normalized spacial score (nSPS) is 17.0. The molecule has 2 aromatic rings. The minimum Gasteiger partial charge on any atom is -0.287 e. The lowest BCUT2D eigenvalue weighted by Gasteiger charge is -2.16. The number of nitrogens with one attached hydrogen (secondary N) is 2. The number of imide groups is 1. The van der Waals surface area contributed by atoms with Gasteiger partial charge in [-0.1, -0.05) is 11.6 Å². The fraction of sp³-hybridized carbons (Fsp3) is 0.118. The van der Waals surface area contributed by atoms with E-state index in [9.17, 15) is 14.4 Å². The molecule has 128 valence electrons. The molecule has 0 unspecified atom stereocenters. The Bertz CT molecular complexity index is 824. The molecule has 25 heavy (non-hydrogen) atoms. The zero-order valence-corrected chi connectivity index (χ0v) is 15.7. The van der Waals surface area contributed by atoms with E-state index >= 15 is 0 Å². The summed E-state index contributed by atoms with van der Waals surface area (Å²) in [6, 6.07) is 12.6. The molecule has 1 heterocycles. The lowest BCUT2D eigenvalue weighted by Crippen LogP contribution is -2.48. The molecule has 1 atom stereocenters.